The number of H-pyrrole nitrogens is 1. The summed E-state index contributed by atoms with van der Waals surface area (Å²) in [6.45, 7) is 4.93. The van der Waals surface area contributed by atoms with Crippen LogP contribution < -0.4 is 5.56 Å². The van der Waals surface area contributed by atoms with Crippen LogP contribution in [0.3, 0.4) is 0 Å². The van der Waals surface area contributed by atoms with Crippen LogP contribution in [0.5, 0.6) is 0 Å². The van der Waals surface area contributed by atoms with Gasteiger partial charge in [-0.15, -0.1) is 0 Å². The molecule has 0 aliphatic carbocycles. The van der Waals surface area contributed by atoms with E-state index in [0.29, 0.717) is 0 Å². The van der Waals surface area contributed by atoms with Gasteiger partial charge in [0, 0.05) is 12.2 Å². The van der Waals surface area contributed by atoms with Gasteiger partial charge in [0.05, 0.1) is 5.56 Å². The minimum atomic E-state index is -0.00264. The number of nitrogens with one attached hydrogen (secondary N) is 1. The third-order valence-electron chi connectivity index (χ3n) is 2.74. The molecule has 0 bridgehead atoms. The zero-order valence-corrected chi connectivity index (χ0v) is 9.66. The van der Waals surface area contributed by atoms with Crippen LogP contribution in [0.2, 0.25) is 0 Å². The van der Waals surface area contributed by atoms with Crippen molar-refractivity contribution in [3.05, 3.63) is 46.4 Å². The number of aryl methyl sites for hydroxylation is 1. The maximum atomic E-state index is 11.9. The Morgan fingerprint density at radius 3 is 2.56 bits per heavy atom. The van der Waals surface area contributed by atoms with Gasteiger partial charge in [-0.1, -0.05) is 37.3 Å². The molecule has 2 aromatic rings. The van der Waals surface area contributed by atoms with Crippen LogP contribution in [-0.4, -0.2) is 9.78 Å². The summed E-state index contributed by atoms with van der Waals surface area (Å²) < 4.78 is 1.92. The Hall–Kier alpha value is -1.77. The van der Waals surface area contributed by atoms with Gasteiger partial charge < -0.3 is 0 Å². The lowest BCUT2D eigenvalue weighted by Gasteiger charge is -2.03. The molecule has 0 fully saturated rings. The van der Waals surface area contributed by atoms with Gasteiger partial charge in [0.25, 0.3) is 5.56 Å². The quantitative estimate of drug-likeness (QED) is 0.841. The normalized spacial score (nSPS) is 10.6. The third-order valence-corrected chi connectivity index (χ3v) is 2.74. The summed E-state index contributed by atoms with van der Waals surface area (Å²) in [5.41, 5.74) is 2.78. The van der Waals surface area contributed by atoms with E-state index < -0.39 is 0 Å². The molecule has 0 aliphatic heterocycles. The molecule has 1 N–H and O–H groups in total. The van der Waals surface area contributed by atoms with Crippen LogP contribution in [0.4, 0.5) is 0 Å². The minimum absolute atomic E-state index is 0.00264. The van der Waals surface area contributed by atoms with Crippen molar-refractivity contribution in [3.8, 4) is 11.1 Å². The predicted octanol–water partition coefficient (Wildman–Crippen LogP) is 2.56. The van der Waals surface area contributed by atoms with Gasteiger partial charge in [0.1, 0.15) is 0 Å². The van der Waals surface area contributed by atoms with Crippen molar-refractivity contribution in [2.45, 2.75) is 26.8 Å². The van der Waals surface area contributed by atoms with E-state index in [1.165, 1.54) is 0 Å². The number of aromatic nitrogens is 2. The molecule has 0 unspecified atom stereocenters. The standard InChI is InChI=1S/C13H16N2O/c1-3-9-15-10(2)12(13(16)14-15)11-7-5-4-6-8-11/h4-8H,3,9H2,1-2H3,(H,14,16). The van der Waals surface area contributed by atoms with Gasteiger partial charge in [-0.25, -0.2) is 0 Å². The number of benzene rings is 1. The molecular formula is C13H16N2O. The number of hydrogen-bond acceptors (Lipinski definition) is 1. The van der Waals surface area contributed by atoms with E-state index >= 15 is 0 Å². The van der Waals surface area contributed by atoms with E-state index in [4.69, 9.17) is 0 Å². The molecule has 0 saturated heterocycles. The zero-order valence-electron chi connectivity index (χ0n) is 9.66. The predicted molar refractivity (Wildman–Crippen MR) is 65.5 cm³/mol. The molecule has 0 atom stereocenters. The summed E-state index contributed by atoms with van der Waals surface area (Å²) in [5.74, 6) is 0. The second-order valence-electron chi connectivity index (χ2n) is 3.92. The van der Waals surface area contributed by atoms with Crippen LogP contribution in [0.1, 0.15) is 19.0 Å². The first-order valence-corrected chi connectivity index (χ1v) is 5.59. The van der Waals surface area contributed by atoms with E-state index in [1.54, 1.807) is 0 Å². The summed E-state index contributed by atoms with van der Waals surface area (Å²) in [7, 11) is 0. The van der Waals surface area contributed by atoms with Crippen LogP contribution in [0.25, 0.3) is 11.1 Å². The molecule has 0 amide bonds. The molecule has 2 rings (SSSR count). The molecule has 1 aromatic heterocycles. The number of hydrogen-bond donors (Lipinski definition) is 1. The summed E-state index contributed by atoms with van der Waals surface area (Å²) in [4.78, 5) is 11.9. The highest BCUT2D eigenvalue weighted by atomic mass is 16.1. The lowest BCUT2D eigenvalue weighted by atomic mass is 10.1. The van der Waals surface area contributed by atoms with Crippen molar-refractivity contribution in [3.63, 3.8) is 0 Å². The lowest BCUT2D eigenvalue weighted by Crippen LogP contribution is -2.06. The molecule has 1 heterocycles. The molecular weight excluding hydrogens is 200 g/mol. The van der Waals surface area contributed by atoms with Crippen molar-refractivity contribution < 1.29 is 0 Å². The first-order chi connectivity index (χ1) is 7.74. The zero-order chi connectivity index (χ0) is 11.5. The van der Waals surface area contributed by atoms with E-state index in [2.05, 4.69) is 12.0 Å². The Morgan fingerprint density at radius 2 is 1.94 bits per heavy atom. The molecule has 0 radical (unpaired) electrons. The van der Waals surface area contributed by atoms with Gasteiger partial charge in [-0.05, 0) is 18.9 Å². The van der Waals surface area contributed by atoms with Gasteiger partial charge in [-0.3, -0.25) is 14.6 Å². The Labute approximate surface area is 94.7 Å². The van der Waals surface area contributed by atoms with E-state index in [-0.39, 0.29) is 5.56 Å². The highest BCUT2D eigenvalue weighted by Crippen LogP contribution is 2.18. The van der Waals surface area contributed by atoms with Crippen molar-refractivity contribution in [1.82, 2.24) is 9.78 Å². The molecule has 0 spiro atoms. The summed E-state index contributed by atoms with van der Waals surface area (Å²) in [5, 5.41) is 2.87. The molecule has 0 aliphatic rings. The van der Waals surface area contributed by atoms with Crippen molar-refractivity contribution >= 4 is 0 Å². The van der Waals surface area contributed by atoms with Crippen molar-refractivity contribution in [2.24, 2.45) is 0 Å². The topological polar surface area (TPSA) is 37.8 Å². The lowest BCUT2D eigenvalue weighted by molar-refractivity contribution is 0.583. The molecule has 84 valence electrons. The van der Waals surface area contributed by atoms with Gasteiger partial charge in [0.15, 0.2) is 0 Å². The molecule has 3 nitrogen and oxygen atoms in total. The van der Waals surface area contributed by atoms with Crippen LogP contribution in [0, 0.1) is 6.92 Å². The molecule has 0 saturated carbocycles. The molecule has 3 heteroatoms. The van der Waals surface area contributed by atoms with Gasteiger partial charge in [-0.2, -0.15) is 0 Å². The Balaban J connectivity index is 2.54. The van der Waals surface area contributed by atoms with Gasteiger partial charge >= 0.3 is 0 Å². The van der Waals surface area contributed by atoms with Crippen molar-refractivity contribution in [2.75, 3.05) is 0 Å². The van der Waals surface area contributed by atoms with E-state index in [0.717, 1.165) is 29.8 Å². The van der Waals surface area contributed by atoms with E-state index in [1.807, 2.05) is 41.9 Å². The SMILES string of the molecule is CCCn1[nH]c(=O)c(-c2ccccc2)c1C. The third kappa shape index (κ3) is 1.81. The number of aromatic amines is 1. The highest BCUT2D eigenvalue weighted by molar-refractivity contribution is 5.64. The fourth-order valence-electron chi connectivity index (χ4n) is 1.95. The number of nitrogens with zero attached hydrogens (tertiary/aromatic N) is 1. The fourth-order valence-corrected chi connectivity index (χ4v) is 1.95. The highest BCUT2D eigenvalue weighted by Gasteiger charge is 2.11. The summed E-state index contributed by atoms with van der Waals surface area (Å²) >= 11 is 0. The van der Waals surface area contributed by atoms with Crippen LogP contribution >= 0.6 is 0 Å². The van der Waals surface area contributed by atoms with Crippen molar-refractivity contribution in [1.29, 1.82) is 0 Å². The molecule has 1 aromatic carbocycles. The second-order valence-corrected chi connectivity index (χ2v) is 3.92. The maximum absolute atomic E-state index is 11.9. The monoisotopic (exact) mass is 216 g/mol. The first-order valence-electron chi connectivity index (χ1n) is 5.59. The average molecular weight is 216 g/mol. The number of rotatable bonds is 3. The Bertz CT molecular complexity index is 523. The summed E-state index contributed by atoms with van der Waals surface area (Å²) in [6, 6.07) is 9.79. The summed E-state index contributed by atoms with van der Waals surface area (Å²) in [6.07, 6.45) is 1.01. The smallest absolute Gasteiger partial charge is 0.272 e. The average Bonchev–Trinajstić information content (AvgIpc) is 2.56. The maximum Gasteiger partial charge on any atom is 0.272 e. The Morgan fingerprint density at radius 1 is 1.25 bits per heavy atom. The minimum Gasteiger partial charge on any atom is -0.289 e. The first kappa shape index (κ1) is 10.7. The van der Waals surface area contributed by atoms with E-state index in [9.17, 15) is 4.79 Å². The Kier molecular flexibility index (Phi) is 2.95. The second kappa shape index (κ2) is 4.39. The van der Waals surface area contributed by atoms with Crippen LogP contribution in [-0.2, 0) is 6.54 Å². The van der Waals surface area contributed by atoms with Crippen LogP contribution in [0.15, 0.2) is 35.1 Å². The molecule has 16 heavy (non-hydrogen) atoms. The largest absolute Gasteiger partial charge is 0.289 e. The fraction of sp³-hybridized carbons (Fsp3) is 0.308. The van der Waals surface area contributed by atoms with Gasteiger partial charge in [0.2, 0.25) is 0 Å².